The lowest BCUT2D eigenvalue weighted by atomic mass is 9.99. The highest BCUT2D eigenvalue weighted by Gasteiger charge is 2.21. The van der Waals surface area contributed by atoms with Crippen molar-refractivity contribution in [2.24, 2.45) is 4.99 Å². The van der Waals surface area contributed by atoms with Gasteiger partial charge < -0.3 is 14.3 Å². The average molecular weight is 418 g/mol. The third-order valence-electron chi connectivity index (χ3n) is 4.57. The van der Waals surface area contributed by atoms with Gasteiger partial charge in [0.2, 0.25) is 0 Å². The highest BCUT2D eigenvalue weighted by molar-refractivity contribution is 6.09. The number of ketones is 1. The molecule has 0 radical (unpaired) electrons. The maximum atomic E-state index is 12.5. The number of amides is 1. The molecule has 0 aliphatic heterocycles. The molecule has 0 aromatic carbocycles. The monoisotopic (exact) mass is 417 g/mol. The molecule has 164 valence electrons. The molecule has 1 amide bonds. The lowest BCUT2D eigenvalue weighted by Crippen LogP contribution is -2.16. The Morgan fingerprint density at radius 2 is 2.03 bits per heavy atom. The van der Waals surface area contributed by atoms with E-state index in [0.717, 1.165) is 19.3 Å². The van der Waals surface area contributed by atoms with E-state index in [4.69, 9.17) is 4.42 Å². The number of hydrogen-bond acceptors (Lipinski definition) is 6. The number of carbonyl (C=O) groups is 2. The number of allylic oxidation sites excluding steroid dienone is 4. The van der Waals surface area contributed by atoms with Crippen molar-refractivity contribution in [3.05, 3.63) is 51.6 Å². The third kappa shape index (κ3) is 8.19. The molecule has 1 heterocycles. The van der Waals surface area contributed by atoms with E-state index in [1.807, 2.05) is 13.0 Å². The largest absolute Gasteiger partial charge is 0.507 e. The number of ether oxygens (including phenoxy) is 1. The van der Waals surface area contributed by atoms with Gasteiger partial charge in [-0.05, 0) is 38.2 Å². The van der Waals surface area contributed by atoms with Crippen LogP contribution in [0.2, 0.25) is 0 Å². The Kier molecular flexibility index (Phi) is 11.1. The smallest absolute Gasteiger partial charge is 0.432 e. The van der Waals surface area contributed by atoms with Crippen molar-refractivity contribution in [1.29, 1.82) is 0 Å². The van der Waals surface area contributed by atoms with Crippen LogP contribution >= 0.6 is 0 Å². The highest BCUT2D eigenvalue weighted by Crippen LogP contribution is 2.26. The summed E-state index contributed by atoms with van der Waals surface area (Å²) in [5.41, 5.74) is -0.861. The fourth-order valence-corrected chi connectivity index (χ4v) is 2.70. The van der Waals surface area contributed by atoms with Crippen LogP contribution in [-0.4, -0.2) is 30.3 Å². The first-order chi connectivity index (χ1) is 14.3. The van der Waals surface area contributed by atoms with Crippen LogP contribution in [0.4, 0.5) is 4.79 Å². The van der Waals surface area contributed by atoms with Gasteiger partial charge >= 0.3 is 11.7 Å². The Hall–Kier alpha value is -2.96. The fourth-order valence-electron chi connectivity index (χ4n) is 2.70. The van der Waals surface area contributed by atoms with Crippen LogP contribution in [0.3, 0.4) is 0 Å². The summed E-state index contributed by atoms with van der Waals surface area (Å²) < 4.78 is 9.71. The maximum Gasteiger partial charge on any atom is 0.432 e. The van der Waals surface area contributed by atoms with Crippen molar-refractivity contribution in [3.63, 3.8) is 0 Å². The van der Waals surface area contributed by atoms with Gasteiger partial charge in [0.15, 0.2) is 5.78 Å². The van der Waals surface area contributed by atoms with E-state index in [2.05, 4.69) is 16.7 Å². The molecule has 30 heavy (non-hydrogen) atoms. The molecule has 1 aromatic heterocycles. The zero-order chi connectivity index (χ0) is 22.5. The second kappa shape index (κ2) is 13.3. The van der Waals surface area contributed by atoms with Gasteiger partial charge in [-0.3, -0.25) is 4.79 Å². The molecule has 1 atom stereocenters. The van der Waals surface area contributed by atoms with E-state index in [0.29, 0.717) is 30.6 Å². The molecule has 1 rings (SSSR count). The zero-order valence-electron chi connectivity index (χ0n) is 18.1. The van der Waals surface area contributed by atoms with Crippen LogP contribution in [0, 0.1) is 0 Å². The second-order valence-electron chi connectivity index (χ2n) is 7.06. The van der Waals surface area contributed by atoms with E-state index in [1.54, 1.807) is 19.1 Å². The van der Waals surface area contributed by atoms with Crippen LogP contribution in [0.1, 0.15) is 81.3 Å². The summed E-state index contributed by atoms with van der Waals surface area (Å²) >= 11 is 0. The number of methoxy groups -OCH3 is 1. The Bertz CT molecular complexity index is 863. The van der Waals surface area contributed by atoms with Gasteiger partial charge in [0.25, 0.3) is 0 Å². The van der Waals surface area contributed by atoms with E-state index < -0.39 is 17.5 Å². The minimum Gasteiger partial charge on any atom is -0.507 e. The van der Waals surface area contributed by atoms with Crippen LogP contribution in [0.25, 0.3) is 0 Å². The molecule has 0 saturated heterocycles. The molecule has 0 saturated carbocycles. The van der Waals surface area contributed by atoms with Gasteiger partial charge in [-0.2, -0.15) is 4.99 Å². The molecule has 1 unspecified atom stereocenters. The Balaban J connectivity index is 2.81. The number of rotatable bonds is 11. The summed E-state index contributed by atoms with van der Waals surface area (Å²) in [6.45, 7) is 5.55. The molecule has 1 N–H and O–H groups in total. The van der Waals surface area contributed by atoms with Gasteiger partial charge in [0.1, 0.15) is 17.1 Å². The van der Waals surface area contributed by atoms with Crippen molar-refractivity contribution < 1.29 is 23.8 Å². The molecule has 7 nitrogen and oxygen atoms in total. The van der Waals surface area contributed by atoms with E-state index in [-0.39, 0.29) is 17.2 Å². The first-order valence-corrected chi connectivity index (χ1v) is 10.2. The summed E-state index contributed by atoms with van der Waals surface area (Å²) in [5, 5.41) is 10.3. The van der Waals surface area contributed by atoms with Crippen LogP contribution in [0.15, 0.2) is 44.1 Å². The number of Topliss-reactive ketones (excluding diaryl/α,β-unsaturated/α-hetero) is 1. The normalized spacial score (nSPS) is 13.1. The zero-order valence-corrected chi connectivity index (χ0v) is 18.1. The Morgan fingerprint density at radius 1 is 1.30 bits per heavy atom. The van der Waals surface area contributed by atoms with Crippen molar-refractivity contribution in [1.82, 2.24) is 0 Å². The molecule has 0 aliphatic rings. The lowest BCUT2D eigenvalue weighted by molar-refractivity contribution is 0.102. The minimum atomic E-state index is -0.850. The third-order valence-corrected chi connectivity index (χ3v) is 4.57. The quantitative estimate of drug-likeness (QED) is 0.171. The SMILES string of the molecule is CCCC/C=C/C=C(\C)C(=O)c1c(O)cc(C(C)CCC/C=N/C(=O)OC)oc1=O. The van der Waals surface area contributed by atoms with Gasteiger partial charge in [0.05, 0.1) is 7.11 Å². The maximum absolute atomic E-state index is 12.5. The first-order valence-electron chi connectivity index (χ1n) is 10.2. The van der Waals surface area contributed by atoms with E-state index >= 15 is 0 Å². The molecule has 0 bridgehead atoms. The predicted molar refractivity (Wildman–Crippen MR) is 117 cm³/mol. The van der Waals surface area contributed by atoms with Gasteiger partial charge in [-0.25, -0.2) is 9.59 Å². The number of hydrogen-bond donors (Lipinski definition) is 1. The average Bonchev–Trinajstić information content (AvgIpc) is 2.72. The molecule has 1 aromatic rings. The standard InChI is InChI=1S/C23H31NO6/c1-5-6-7-8-9-13-17(3)21(26)20-18(25)15-19(30-22(20)27)16(2)12-10-11-14-24-23(28)29-4/h8-9,13-16,25H,5-7,10-12H2,1-4H3/b9-8+,17-13+,24-14+. The van der Waals surface area contributed by atoms with E-state index in [9.17, 15) is 19.5 Å². The number of nitrogens with zero attached hydrogens (tertiary/aromatic N) is 1. The van der Waals surface area contributed by atoms with Gasteiger partial charge in [-0.1, -0.05) is 44.9 Å². The number of aromatic hydroxyl groups is 1. The molecular weight excluding hydrogens is 386 g/mol. The molecular formula is C23H31NO6. The van der Waals surface area contributed by atoms with Crippen LogP contribution < -0.4 is 5.63 Å². The molecule has 0 fully saturated rings. The van der Waals surface area contributed by atoms with Crippen molar-refractivity contribution in [2.75, 3.05) is 7.11 Å². The summed E-state index contributed by atoms with van der Waals surface area (Å²) in [5.74, 6) is -0.787. The molecule has 0 spiro atoms. The topological polar surface area (TPSA) is 106 Å². The van der Waals surface area contributed by atoms with Crippen molar-refractivity contribution in [2.45, 2.75) is 65.2 Å². The van der Waals surface area contributed by atoms with Crippen molar-refractivity contribution >= 4 is 18.1 Å². The molecule has 0 aliphatic carbocycles. The molecule has 7 heteroatoms. The summed E-state index contributed by atoms with van der Waals surface area (Å²) in [6, 6.07) is 1.33. The van der Waals surface area contributed by atoms with Crippen LogP contribution in [-0.2, 0) is 4.74 Å². The number of unbranched alkanes of at least 4 members (excludes halogenated alkanes) is 3. The highest BCUT2D eigenvalue weighted by atomic mass is 16.5. The summed E-state index contributed by atoms with van der Waals surface area (Å²) in [7, 11) is 1.26. The fraction of sp³-hybridized carbons (Fsp3) is 0.478. The summed E-state index contributed by atoms with van der Waals surface area (Å²) in [6.07, 6.45) is 11.2. The van der Waals surface area contributed by atoms with Crippen LogP contribution in [0.5, 0.6) is 5.75 Å². The Labute approximate surface area is 177 Å². The van der Waals surface area contributed by atoms with E-state index in [1.165, 1.54) is 19.4 Å². The first kappa shape index (κ1) is 25.1. The van der Waals surface area contributed by atoms with Crippen molar-refractivity contribution in [3.8, 4) is 5.75 Å². The summed E-state index contributed by atoms with van der Waals surface area (Å²) in [4.78, 5) is 39.4. The van der Waals surface area contributed by atoms with Gasteiger partial charge in [-0.15, -0.1) is 0 Å². The second-order valence-corrected chi connectivity index (χ2v) is 7.06. The Morgan fingerprint density at radius 3 is 2.67 bits per heavy atom. The number of aliphatic imine (C=N–C) groups is 1. The minimum absolute atomic E-state index is 0.155. The lowest BCUT2D eigenvalue weighted by Gasteiger charge is -2.11. The van der Waals surface area contributed by atoms with Gasteiger partial charge in [0, 0.05) is 18.2 Å². The predicted octanol–water partition coefficient (Wildman–Crippen LogP) is 5.33. The number of carbonyl (C=O) groups excluding carboxylic acids is 2.